The predicted molar refractivity (Wildman–Crippen MR) is 51.6 cm³/mol. The predicted octanol–water partition coefficient (Wildman–Crippen LogP) is 2.26. The molecule has 1 aliphatic carbocycles. The van der Waals surface area contributed by atoms with Crippen molar-refractivity contribution in [2.75, 3.05) is 7.11 Å². The van der Waals surface area contributed by atoms with Gasteiger partial charge in [0.2, 0.25) is 0 Å². The molecule has 13 heavy (non-hydrogen) atoms. The molecule has 2 nitrogen and oxygen atoms in total. The Hall–Kier alpha value is -0.337. The van der Waals surface area contributed by atoms with Gasteiger partial charge in [-0.25, -0.2) is 4.79 Å². The molecular formula is C9H9BrO2Zn. The fourth-order valence-corrected chi connectivity index (χ4v) is 0.816. The number of hydrogen-bond acceptors (Lipinski definition) is 2. The molecule has 0 radical (unpaired) electrons. The Kier molecular flexibility index (Phi) is 6.92. The summed E-state index contributed by atoms with van der Waals surface area (Å²) >= 11 is 4.25. The van der Waals surface area contributed by atoms with Crippen molar-refractivity contribution >= 4 is 19.6 Å². The third-order valence-corrected chi connectivity index (χ3v) is 1.35. The van der Waals surface area contributed by atoms with Crippen molar-refractivity contribution in [2.24, 2.45) is 0 Å². The third-order valence-electron chi connectivity index (χ3n) is 1.35. The maximum absolute atomic E-state index is 10.9. The van der Waals surface area contributed by atoms with Crippen LogP contribution in [0.2, 0.25) is 0 Å². The number of halogens is 1. The Morgan fingerprint density at radius 2 is 2.31 bits per heavy atom. The molecule has 4 heteroatoms. The van der Waals surface area contributed by atoms with Crippen LogP contribution in [0.15, 0.2) is 36.0 Å². The van der Waals surface area contributed by atoms with Crippen LogP contribution >= 0.6 is 13.6 Å². The van der Waals surface area contributed by atoms with Crippen LogP contribution in [-0.4, -0.2) is 13.1 Å². The quantitative estimate of drug-likeness (QED) is 0.421. The van der Waals surface area contributed by atoms with Gasteiger partial charge in [-0.2, -0.15) is 12.2 Å². The molecule has 0 atom stereocenters. The Balaban J connectivity index is 0.000000671. The number of carbonyl (C=O) groups excluding carboxylic acids is 1. The molecule has 0 aromatic carbocycles. The molecule has 0 unspecified atom stereocenters. The van der Waals surface area contributed by atoms with E-state index in [0.717, 1.165) is 5.57 Å². The Morgan fingerprint density at radius 3 is 2.77 bits per heavy atom. The SMILES string of the molecule is C=C1C=C(C(=O)OC)C=C[CH-]1.[Zn+][Br]. The van der Waals surface area contributed by atoms with Crippen LogP contribution in [0.25, 0.3) is 0 Å². The summed E-state index contributed by atoms with van der Waals surface area (Å²) in [6.07, 6.45) is 6.98. The first-order chi connectivity index (χ1) is 6.24. The summed E-state index contributed by atoms with van der Waals surface area (Å²) in [5.41, 5.74) is 1.35. The normalized spacial score (nSPS) is 13.5. The number of ether oxygens (including phenoxy) is 1. The van der Waals surface area contributed by atoms with Crippen molar-refractivity contribution in [3.63, 3.8) is 0 Å². The second-order valence-electron chi connectivity index (χ2n) is 2.19. The van der Waals surface area contributed by atoms with Crippen molar-refractivity contribution in [3.05, 3.63) is 42.4 Å². The van der Waals surface area contributed by atoms with Gasteiger partial charge in [-0.3, -0.25) is 0 Å². The van der Waals surface area contributed by atoms with E-state index in [0.29, 0.717) is 5.57 Å². The van der Waals surface area contributed by atoms with Crippen LogP contribution in [0.4, 0.5) is 0 Å². The average molecular weight is 294 g/mol. The molecule has 0 aliphatic heterocycles. The standard InChI is InChI=1S/C9H9O2.BrH.Zn/c1-7-4-3-5-8(6-7)9(10)11-2;;/h3-6H,1H2,2H3;1H;/q-1;;+2/p-1. The zero-order valence-electron chi connectivity index (χ0n) is 7.42. The van der Waals surface area contributed by atoms with Crippen molar-refractivity contribution in [1.82, 2.24) is 0 Å². The van der Waals surface area contributed by atoms with Crippen LogP contribution in [-0.2, 0) is 25.9 Å². The number of carbonyl (C=O) groups is 1. The summed E-state index contributed by atoms with van der Waals surface area (Å²) in [5, 5.41) is 0. The summed E-state index contributed by atoms with van der Waals surface area (Å²) in [6, 6.07) is 0. The zero-order chi connectivity index (χ0) is 10.3. The van der Waals surface area contributed by atoms with E-state index in [9.17, 15) is 4.79 Å². The number of esters is 1. The van der Waals surface area contributed by atoms with Gasteiger partial charge < -0.3 is 4.74 Å². The van der Waals surface area contributed by atoms with E-state index in [2.05, 4.69) is 24.9 Å². The fourth-order valence-electron chi connectivity index (χ4n) is 0.816. The molecule has 0 saturated carbocycles. The Morgan fingerprint density at radius 1 is 1.69 bits per heavy atom. The van der Waals surface area contributed by atoms with Crippen LogP contribution in [0.3, 0.4) is 0 Å². The third kappa shape index (κ3) is 4.44. The van der Waals surface area contributed by atoms with Gasteiger partial charge >= 0.3 is 35.9 Å². The summed E-state index contributed by atoms with van der Waals surface area (Å²) in [6.45, 7) is 3.69. The van der Waals surface area contributed by atoms with Crippen molar-refractivity contribution in [2.45, 2.75) is 0 Å². The molecule has 0 heterocycles. The summed E-state index contributed by atoms with van der Waals surface area (Å²) in [5.74, 6) is -0.324. The van der Waals surface area contributed by atoms with Gasteiger partial charge in [0.25, 0.3) is 0 Å². The van der Waals surface area contributed by atoms with Gasteiger partial charge in [-0.1, -0.05) is 0 Å². The monoisotopic (exact) mass is 292 g/mol. The van der Waals surface area contributed by atoms with Gasteiger partial charge in [0.1, 0.15) is 0 Å². The van der Waals surface area contributed by atoms with E-state index >= 15 is 0 Å². The first-order valence-electron chi connectivity index (χ1n) is 3.51. The Bertz CT molecular complexity index is 256. The molecule has 0 spiro atoms. The second-order valence-corrected chi connectivity index (χ2v) is 2.19. The van der Waals surface area contributed by atoms with E-state index in [1.54, 1.807) is 18.2 Å². The maximum atomic E-state index is 10.9. The van der Waals surface area contributed by atoms with Crippen LogP contribution < -0.4 is 0 Å². The molecule has 0 saturated heterocycles. The number of rotatable bonds is 1. The average Bonchev–Trinajstić information content (AvgIpc) is 2.20. The van der Waals surface area contributed by atoms with E-state index in [1.807, 2.05) is 6.42 Å². The van der Waals surface area contributed by atoms with E-state index in [4.69, 9.17) is 0 Å². The number of hydrogen-bond donors (Lipinski definition) is 0. The van der Waals surface area contributed by atoms with Crippen LogP contribution in [0.1, 0.15) is 0 Å². The van der Waals surface area contributed by atoms with E-state index in [1.165, 1.54) is 23.5 Å². The zero-order valence-corrected chi connectivity index (χ0v) is 12.0. The molecule has 0 amide bonds. The molecule has 0 fully saturated rings. The number of allylic oxidation sites excluding steroid dienone is 3. The summed E-state index contributed by atoms with van der Waals surface area (Å²) in [4.78, 5) is 10.9. The van der Waals surface area contributed by atoms with E-state index in [-0.39, 0.29) is 5.97 Å². The first kappa shape index (κ1) is 12.7. The topological polar surface area (TPSA) is 26.3 Å². The van der Waals surface area contributed by atoms with Crippen molar-refractivity contribution in [1.29, 1.82) is 0 Å². The molecular weight excluding hydrogens is 285 g/mol. The minimum atomic E-state index is -0.324. The minimum absolute atomic E-state index is 0.324. The van der Waals surface area contributed by atoms with Crippen molar-refractivity contribution < 1.29 is 25.9 Å². The van der Waals surface area contributed by atoms with Crippen LogP contribution in [0, 0.1) is 6.42 Å². The van der Waals surface area contributed by atoms with Gasteiger partial charge in [0.15, 0.2) is 0 Å². The summed E-state index contributed by atoms with van der Waals surface area (Å²) in [7, 11) is 1.36. The molecule has 1 rings (SSSR count). The summed E-state index contributed by atoms with van der Waals surface area (Å²) < 4.78 is 4.52. The fraction of sp³-hybridized carbons (Fsp3) is 0.111. The molecule has 0 bridgehead atoms. The van der Waals surface area contributed by atoms with Gasteiger partial charge in [0.05, 0.1) is 7.11 Å². The number of methoxy groups -OCH3 is 1. The van der Waals surface area contributed by atoms with Gasteiger partial charge in [0, 0.05) is 0 Å². The molecule has 0 aromatic heterocycles. The molecule has 1 aliphatic rings. The van der Waals surface area contributed by atoms with Crippen LogP contribution in [0.5, 0.6) is 0 Å². The molecule has 0 aromatic rings. The van der Waals surface area contributed by atoms with Gasteiger partial charge in [-0.15, -0.1) is 24.6 Å². The molecule has 0 N–H and O–H groups in total. The second kappa shape index (κ2) is 7.10. The first-order valence-corrected chi connectivity index (χ1v) is 10.5. The van der Waals surface area contributed by atoms with E-state index < -0.39 is 0 Å². The molecule has 66 valence electrons. The van der Waals surface area contributed by atoms with Gasteiger partial charge in [-0.05, 0) is 5.57 Å². The Labute approximate surface area is 94.8 Å². The van der Waals surface area contributed by atoms with Crippen molar-refractivity contribution in [3.8, 4) is 0 Å².